The molecule has 1 aromatic rings. The first-order valence-corrected chi connectivity index (χ1v) is 7.94. The molecule has 0 bridgehead atoms. The molecule has 0 aromatic heterocycles. The van der Waals surface area contributed by atoms with Crippen LogP contribution in [0.2, 0.25) is 0 Å². The van der Waals surface area contributed by atoms with Crippen molar-refractivity contribution in [3.63, 3.8) is 0 Å². The van der Waals surface area contributed by atoms with Crippen molar-refractivity contribution in [1.29, 1.82) is 0 Å². The van der Waals surface area contributed by atoms with E-state index in [4.69, 9.17) is 9.47 Å². The summed E-state index contributed by atoms with van der Waals surface area (Å²) in [5.74, 6) is 1.09. The molecule has 1 rings (SSSR count). The molecule has 0 unspecified atom stereocenters. The Morgan fingerprint density at radius 3 is 2.50 bits per heavy atom. The third kappa shape index (κ3) is 5.93. The molecule has 5 nitrogen and oxygen atoms in total. The van der Waals surface area contributed by atoms with Gasteiger partial charge in [-0.1, -0.05) is 19.9 Å². The topological polar surface area (TPSA) is 59.6 Å². The second-order valence-corrected chi connectivity index (χ2v) is 5.12. The molecule has 1 aromatic carbocycles. The second kappa shape index (κ2) is 10.1. The number of amides is 1. The Kier molecular flexibility index (Phi) is 8.36. The monoisotopic (exact) mass is 308 g/mol. The van der Waals surface area contributed by atoms with E-state index in [2.05, 4.69) is 24.5 Å². The first-order valence-electron chi connectivity index (χ1n) is 7.94. The van der Waals surface area contributed by atoms with Gasteiger partial charge in [0.1, 0.15) is 0 Å². The average molecular weight is 308 g/mol. The number of rotatable bonds is 10. The Bertz CT molecular complexity index is 459. The highest BCUT2D eigenvalue weighted by molar-refractivity contribution is 5.77. The maximum atomic E-state index is 11.4. The number of carbonyl (C=O) groups excluding carboxylic acids is 1. The van der Waals surface area contributed by atoms with Crippen molar-refractivity contribution in [1.82, 2.24) is 10.6 Å². The average Bonchev–Trinajstić information content (AvgIpc) is 2.54. The number of nitrogens with one attached hydrogen (secondary N) is 2. The predicted octanol–water partition coefficient (Wildman–Crippen LogP) is 2.49. The lowest BCUT2D eigenvalue weighted by Gasteiger charge is -2.16. The molecule has 0 heterocycles. The molecule has 0 aliphatic rings. The van der Waals surface area contributed by atoms with E-state index >= 15 is 0 Å². The fourth-order valence-electron chi connectivity index (χ4n) is 2.17. The minimum atomic E-state index is -0.135. The lowest BCUT2D eigenvalue weighted by Crippen LogP contribution is -2.28. The van der Waals surface area contributed by atoms with E-state index in [9.17, 15) is 4.79 Å². The van der Waals surface area contributed by atoms with Gasteiger partial charge in [-0.05, 0) is 37.5 Å². The molecule has 5 heteroatoms. The summed E-state index contributed by atoms with van der Waals surface area (Å²) >= 11 is 0. The quantitative estimate of drug-likeness (QED) is 0.697. The smallest absolute Gasteiger partial charge is 0.257 e. The summed E-state index contributed by atoms with van der Waals surface area (Å²) in [6.45, 7) is 7.62. The van der Waals surface area contributed by atoms with E-state index < -0.39 is 0 Å². The first kappa shape index (κ1) is 18.3. The highest BCUT2D eigenvalue weighted by Gasteiger charge is 2.09. The normalized spacial score (nSPS) is 10.6. The fourth-order valence-corrected chi connectivity index (χ4v) is 2.17. The highest BCUT2D eigenvalue weighted by Crippen LogP contribution is 2.28. The van der Waals surface area contributed by atoms with E-state index in [0.717, 1.165) is 24.9 Å². The summed E-state index contributed by atoms with van der Waals surface area (Å²) in [7, 11) is 1.60. The third-order valence-electron chi connectivity index (χ3n) is 3.54. The van der Waals surface area contributed by atoms with Gasteiger partial charge in [0.15, 0.2) is 18.1 Å². The van der Waals surface area contributed by atoms with Gasteiger partial charge < -0.3 is 20.1 Å². The summed E-state index contributed by atoms with van der Waals surface area (Å²) in [6, 6.07) is 6.31. The molecule has 1 amide bonds. The van der Waals surface area contributed by atoms with Crippen LogP contribution in [-0.4, -0.2) is 32.2 Å². The SMILES string of the molecule is CCNC(=O)COc1ccc(CNC(CC)CC)cc1OC. The Morgan fingerprint density at radius 2 is 1.91 bits per heavy atom. The van der Waals surface area contributed by atoms with Gasteiger partial charge in [-0.25, -0.2) is 0 Å². The van der Waals surface area contributed by atoms with Crippen molar-refractivity contribution in [2.45, 2.75) is 46.2 Å². The molecule has 0 aliphatic carbocycles. The number of benzene rings is 1. The van der Waals surface area contributed by atoms with Crippen LogP contribution < -0.4 is 20.1 Å². The van der Waals surface area contributed by atoms with Crippen LogP contribution in [-0.2, 0) is 11.3 Å². The Labute approximate surface area is 133 Å². The number of hydrogen-bond acceptors (Lipinski definition) is 4. The molecule has 124 valence electrons. The minimum Gasteiger partial charge on any atom is -0.493 e. The molecule has 0 radical (unpaired) electrons. The summed E-state index contributed by atoms with van der Waals surface area (Å²) in [5, 5.41) is 6.21. The molecule has 22 heavy (non-hydrogen) atoms. The zero-order chi connectivity index (χ0) is 16.4. The molecule has 0 spiro atoms. The van der Waals surface area contributed by atoms with Gasteiger partial charge >= 0.3 is 0 Å². The largest absolute Gasteiger partial charge is 0.493 e. The van der Waals surface area contributed by atoms with Crippen molar-refractivity contribution >= 4 is 5.91 Å². The van der Waals surface area contributed by atoms with Gasteiger partial charge in [0.05, 0.1) is 7.11 Å². The van der Waals surface area contributed by atoms with E-state index in [1.807, 2.05) is 25.1 Å². The van der Waals surface area contributed by atoms with Crippen LogP contribution in [0.3, 0.4) is 0 Å². The maximum Gasteiger partial charge on any atom is 0.257 e. The zero-order valence-electron chi connectivity index (χ0n) is 14.1. The van der Waals surface area contributed by atoms with Crippen LogP contribution >= 0.6 is 0 Å². The number of likely N-dealkylation sites (N-methyl/N-ethyl adjacent to an activating group) is 1. The third-order valence-corrected chi connectivity index (χ3v) is 3.54. The van der Waals surface area contributed by atoms with Crippen molar-refractivity contribution in [2.75, 3.05) is 20.3 Å². The molecule has 0 fully saturated rings. The van der Waals surface area contributed by atoms with E-state index in [1.54, 1.807) is 7.11 Å². The van der Waals surface area contributed by atoms with E-state index in [-0.39, 0.29) is 12.5 Å². The molecule has 2 N–H and O–H groups in total. The molecule has 0 atom stereocenters. The molecule has 0 saturated carbocycles. The van der Waals surface area contributed by atoms with Gasteiger partial charge in [-0.2, -0.15) is 0 Å². The van der Waals surface area contributed by atoms with Gasteiger partial charge in [0.25, 0.3) is 5.91 Å². The van der Waals surface area contributed by atoms with Gasteiger partial charge in [0, 0.05) is 19.1 Å². The minimum absolute atomic E-state index is 0.00442. The summed E-state index contributed by atoms with van der Waals surface area (Å²) in [4.78, 5) is 11.4. The summed E-state index contributed by atoms with van der Waals surface area (Å²) < 4.78 is 10.9. The summed E-state index contributed by atoms with van der Waals surface area (Å²) in [5.41, 5.74) is 1.13. The van der Waals surface area contributed by atoms with Gasteiger partial charge in [-0.3, -0.25) is 4.79 Å². The van der Waals surface area contributed by atoms with Crippen LogP contribution in [0.5, 0.6) is 11.5 Å². The number of ether oxygens (including phenoxy) is 2. The van der Waals surface area contributed by atoms with Gasteiger partial charge in [-0.15, -0.1) is 0 Å². The van der Waals surface area contributed by atoms with Gasteiger partial charge in [0.2, 0.25) is 0 Å². The molecular formula is C17H28N2O3. The lowest BCUT2D eigenvalue weighted by molar-refractivity contribution is -0.123. The van der Waals surface area contributed by atoms with Crippen LogP contribution in [0.4, 0.5) is 0 Å². The van der Waals surface area contributed by atoms with Crippen LogP contribution in [0.25, 0.3) is 0 Å². The highest BCUT2D eigenvalue weighted by atomic mass is 16.5. The second-order valence-electron chi connectivity index (χ2n) is 5.12. The first-order chi connectivity index (χ1) is 10.6. The molecule has 0 saturated heterocycles. The van der Waals surface area contributed by atoms with E-state index in [1.165, 1.54) is 0 Å². The maximum absolute atomic E-state index is 11.4. The molecule has 0 aliphatic heterocycles. The fraction of sp³-hybridized carbons (Fsp3) is 0.588. The lowest BCUT2D eigenvalue weighted by atomic mass is 10.1. The van der Waals surface area contributed by atoms with Crippen LogP contribution in [0.1, 0.15) is 39.2 Å². The Morgan fingerprint density at radius 1 is 1.18 bits per heavy atom. The van der Waals surface area contributed by atoms with Crippen molar-refractivity contribution in [3.8, 4) is 11.5 Å². The van der Waals surface area contributed by atoms with Crippen LogP contribution in [0, 0.1) is 0 Å². The van der Waals surface area contributed by atoms with Crippen molar-refractivity contribution in [2.24, 2.45) is 0 Å². The predicted molar refractivity (Wildman–Crippen MR) is 88.4 cm³/mol. The van der Waals surface area contributed by atoms with Crippen molar-refractivity contribution < 1.29 is 14.3 Å². The number of hydrogen-bond donors (Lipinski definition) is 2. The van der Waals surface area contributed by atoms with E-state index in [0.29, 0.717) is 24.1 Å². The number of methoxy groups -OCH3 is 1. The Hall–Kier alpha value is -1.75. The summed E-state index contributed by atoms with van der Waals surface area (Å²) in [6.07, 6.45) is 2.22. The molecular weight excluding hydrogens is 280 g/mol. The zero-order valence-corrected chi connectivity index (χ0v) is 14.1. The standard InChI is InChI=1S/C17H28N2O3/c1-5-14(6-2)19-11-13-8-9-15(16(10-13)21-4)22-12-17(20)18-7-3/h8-10,14,19H,5-7,11-12H2,1-4H3,(H,18,20). The Balaban J connectivity index is 2.64. The number of carbonyl (C=O) groups is 1. The van der Waals surface area contributed by atoms with Crippen LogP contribution in [0.15, 0.2) is 18.2 Å². The van der Waals surface area contributed by atoms with Crippen molar-refractivity contribution in [3.05, 3.63) is 23.8 Å².